The standard InChI is InChI=1S/C33H40Br2ClN3O3/c34-25-16-24-5-4-23-17-26(36)18-28(35)31(23)32(33(24)37-20-25)22-8-12-39(13-9-22)29(40)15-21-6-10-38(11-7-21)30(41)19-27-3-1-2-14-42-27/h16-18,20-22,27,32H,1-15,19H2/t27?,32-/m1/s1. The van der Waals surface area contributed by atoms with Gasteiger partial charge in [0.25, 0.3) is 0 Å². The Morgan fingerprint density at radius 2 is 1.57 bits per heavy atom. The second-order valence-corrected chi connectivity index (χ2v) is 14.8. The van der Waals surface area contributed by atoms with Crippen LogP contribution in [0.4, 0.5) is 0 Å². The lowest BCUT2D eigenvalue weighted by Gasteiger charge is -2.38. The maximum absolute atomic E-state index is 13.4. The van der Waals surface area contributed by atoms with Crippen molar-refractivity contribution in [1.82, 2.24) is 14.8 Å². The molecule has 1 aromatic heterocycles. The molecule has 6 nitrogen and oxygen atoms in total. The summed E-state index contributed by atoms with van der Waals surface area (Å²) >= 11 is 14.0. The Bertz CT molecular complexity index is 1300. The molecule has 2 atom stereocenters. The highest BCUT2D eigenvalue weighted by Crippen LogP contribution is 2.46. The van der Waals surface area contributed by atoms with Gasteiger partial charge < -0.3 is 14.5 Å². The first-order valence-corrected chi connectivity index (χ1v) is 17.6. The first-order chi connectivity index (χ1) is 20.4. The highest BCUT2D eigenvalue weighted by Gasteiger charge is 2.37. The number of piperidine rings is 2. The molecule has 1 aromatic carbocycles. The van der Waals surface area contributed by atoms with Gasteiger partial charge in [-0.3, -0.25) is 14.6 Å². The van der Waals surface area contributed by atoms with Crippen LogP contribution in [0.1, 0.15) is 86.1 Å². The lowest BCUT2D eigenvalue weighted by atomic mass is 9.76. The SMILES string of the molecule is O=C(CC1CCN(C(=O)CC2CCCCO2)CC1)N1CCC([C@H]2c3ncc(Br)cc3CCc3cc(Cl)cc(Br)c32)CC1. The summed E-state index contributed by atoms with van der Waals surface area (Å²) in [7, 11) is 0. The number of pyridine rings is 1. The molecule has 3 fully saturated rings. The third-order valence-corrected chi connectivity index (χ3v) is 11.2. The number of ether oxygens (including phenoxy) is 1. The molecule has 1 aliphatic carbocycles. The summed E-state index contributed by atoms with van der Waals surface area (Å²) in [5.41, 5.74) is 5.07. The molecule has 226 valence electrons. The molecule has 0 saturated carbocycles. The molecule has 6 rings (SSSR count). The lowest BCUT2D eigenvalue weighted by Crippen LogP contribution is -2.43. The van der Waals surface area contributed by atoms with E-state index in [9.17, 15) is 9.59 Å². The van der Waals surface area contributed by atoms with Gasteiger partial charge in [0.2, 0.25) is 11.8 Å². The molecule has 1 unspecified atom stereocenters. The molecule has 0 radical (unpaired) electrons. The monoisotopic (exact) mass is 719 g/mol. The molecule has 3 aliphatic heterocycles. The number of aromatic nitrogens is 1. The molecular formula is C33H40Br2ClN3O3. The normalized spacial score (nSPS) is 23.7. The van der Waals surface area contributed by atoms with Crippen molar-refractivity contribution in [2.24, 2.45) is 11.8 Å². The van der Waals surface area contributed by atoms with E-state index < -0.39 is 0 Å². The molecule has 9 heteroatoms. The number of fused-ring (bicyclic) bond motifs is 2. The minimum absolute atomic E-state index is 0.0880. The third kappa shape index (κ3) is 6.92. The van der Waals surface area contributed by atoms with Crippen molar-refractivity contribution in [2.45, 2.75) is 82.7 Å². The van der Waals surface area contributed by atoms with Gasteiger partial charge >= 0.3 is 0 Å². The summed E-state index contributed by atoms with van der Waals surface area (Å²) in [6.07, 6.45) is 12.0. The van der Waals surface area contributed by atoms with Gasteiger partial charge in [-0.15, -0.1) is 0 Å². The highest BCUT2D eigenvalue weighted by atomic mass is 79.9. The van der Waals surface area contributed by atoms with Crippen molar-refractivity contribution >= 4 is 55.3 Å². The molecular weight excluding hydrogens is 682 g/mol. The van der Waals surface area contributed by atoms with Gasteiger partial charge in [0.15, 0.2) is 0 Å². The van der Waals surface area contributed by atoms with Gasteiger partial charge in [0.05, 0.1) is 18.2 Å². The average Bonchev–Trinajstić information content (AvgIpc) is 3.15. The fraction of sp³-hybridized carbons (Fsp3) is 0.606. The predicted octanol–water partition coefficient (Wildman–Crippen LogP) is 7.32. The predicted molar refractivity (Wildman–Crippen MR) is 172 cm³/mol. The topological polar surface area (TPSA) is 62.7 Å². The first kappa shape index (κ1) is 30.5. The first-order valence-electron chi connectivity index (χ1n) is 15.6. The van der Waals surface area contributed by atoms with Crippen LogP contribution in [0.15, 0.2) is 33.3 Å². The largest absolute Gasteiger partial charge is 0.378 e. The third-order valence-electron chi connectivity index (χ3n) is 9.89. The van der Waals surface area contributed by atoms with Gasteiger partial charge in [-0.25, -0.2) is 0 Å². The molecule has 2 amide bonds. The summed E-state index contributed by atoms with van der Waals surface area (Å²) in [5.74, 6) is 1.42. The summed E-state index contributed by atoms with van der Waals surface area (Å²) in [6.45, 7) is 3.86. The Morgan fingerprint density at radius 3 is 2.29 bits per heavy atom. The molecule has 3 saturated heterocycles. The second kappa shape index (κ2) is 13.7. The summed E-state index contributed by atoms with van der Waals surface area (Å²) in [4.78, 5) is 35.2. The van der Waals surface area contributed by atoms with Crippen LogP contribution in [0.25, 0.3) is 0 Å². The number of amides is 2. The van der Waals surface area contributed by atoms with E-state index in [0.717, 1.165) is 105 Å². The average molecular weight is 722 g/mol. The van der Waals surface area contributed by atoms with Crippen LogP contribution < -0.4 is 0 Å². The van der Waals surface area contributed by atoms with Gasteiger partial charge in [0.1, 0.15) is 0 Å². The van der Waals surface area contributed by atoms with E-state index in [4.69, 9.17) is 21.3 Å². The van der Waals surface area contributed by atoms with Gasteiger partial charge in [-0.2, -0.15) is 0 Å². The minimum atomic E-state index is 0.0880. The van der Waals surface area contributed by atoms with Crippen molar-refractivity contribution in [3.8, 4) is 0 Å². The maximum atomic E-state index is 13.4. The Morgan fingerprint density at radius 1 is 0.881 bits per heavy atom. The Hall–Kier alpha value is -1.48. The number of hydrogen-bond donors (Lipinski definition) is 0. The lowest BCUT2D eigenvalue weighted by molar-refractivity contribution is -0.137. The van der Waals surface area contributed by atoms with Crippen LogP contribution in [0, 0.1) is 11.8 Å². The molecule has 0 bridgehead atoms. The van der Waals surface area contributed by atoms with Crippen molar-refractivity contribution in [3.63, 3.8) is 0 Å². The van der Waals surface area contributed by atoms with E-state index in [-0.39, 0.29) is 23.8 Å². The fourth-order valence-electron chi connectivity index (χ4n) is 7.57. The fourth-order valence-corrected chi connectivity index (χ4v) is 9.07. The van der Waals surface area contributed by atoms with Crippen molar-refractivity contribution in [1.29, 1.82) is 0 Å². The van der Waals surface area contributed by atoms with Gasteiger partial charge in [0, 0.05) is 65.3 Å². The number of carbonyl (C=O) groups excluding carboxylic acids is 2. The number of rotatable bonds is 5. The van der Waals surface area contributed by atoms with Gasteiger partial charge in [-0.05, 0) is 120 Å². The van der Waals surface area contributed by atoms with E-state index in [1.165, 1.54) is 22.4 Å². The zero-order chi connectivity index (χ0) is 29.2. The highest BCUT2D eigenvalue weighted by molar-refractivity contribution is 9.10. The van der Waals surface area contributed by atoms with Crippen molar-refractivity contribution in [3.05, 3.63) is 60.7 Å². The number of hydrogen-bond acceptors (Lipinski definition) is 4. The molecule has 2 aromatic rings. The van der Waals surface area contributed by atoms with E-state index in [1.807, 2.05) is 17.2 Å². The number of carbonyl (C=O) groups is 2. The molecule has 4 heterocycles. The van der Waals surface area contributed by atoms with Crippen molar-refractivity contribution in [2.75, 3.05) is 32.8 Å². The summed E-state index contributed by atoms with van der Waals surface area (Å²) in [6, 6.07) is 6.35. The Labute approximate surface area is 271 Å². The van der Waals surface area contributed by atoms with E-state index in [0.29, 0.717) is 24.7 Å². The van der Waals surface area contributed by atoms with Crippen LogP contribution in [-0.2, 0) is 27.2 Å². The smallest absolute Gasteiger partial charge is 0.225 e. The number of aryl methyl sites for hydroxylation is 2. The molecule has 4 aliphatic rings. The van der Waals surface area contributed by atoms with Crippen LogP contribution >= 0.6 is 43.5 Å². The van der Waals surface area contributed by atoms with Crippen LogP contribution in [0.5, 0.6) is 0 Å². The zero-order valence-corrected chi connectivity index (χ0v) is 28.1. The number of benzene rings is 1. The Balaban J connectivity index is 1.06. The van der Waals surface area contributed by atoms with E-state index in [1.54, 1.807) is 0 Å². The maximum Gasteiger partial charge on any atom is 0.225 e. The van der Waals surface area contributed by atoms with Crippen LogP contribution in [0.3, 0.4) is 0 Å². The van der Waals surface area contributed by atoms with E-state index in [2.05, 4.69) is 48.9 Å². The molecule has 0 N–H and O–H groups in total. The van der Waals surface area contributed by atoms with Gasteiger partial charge in [-0.1, -0.05) is 27.5 Å². The van der Waals surface area contributed by atoms with Crippen LogP contribution in [0.2, 0.25) is 5.02 Å². The van der Waals surface area contributed by atoms with Crippen LogP contribution in [-0.4, -0.2) is 65.5 Å². The second-order valence-electron chi connectivity index (χ2n) is 12.6. The molecule has 0 spiro atoms. The number of likely N-dealkylation sites (tertiary alicyclic amines) is 2. The Kier molecular flexibility index (Phi) is 9.93. The molecule has 42 heavy (non-hydrogen) atoms. The number of nitrogens with zero attached hydrogens (tertiary/aromatic N) is 3. The minimum Gasteiger partial charge on any atom is -0.378 e. The number of halogens is 3. The van der Waals surface area contributed by atoms with Crippen molar-refractivity contribution < 1.29 is 14.3 Å². The summed E-state index contributed by atoms with van der Waals surface area (Å²) in [5, 5.41) is 0.758. The van der Waals surface area contributed by atoms with E-state index >= 15 is 0 Å². The zero-order valence-electron chi connectivity index (χ0n) is 24.1. The quantitative estimate of drug-likeness (QED) is 0.325. The summed E-state index contributed by atoms with van der Waals surface area (Å²) < 4.78 is 7.84.